The molecule has 3 atom stereocenters. The highest BCUT2D eigenvalue weighted by Crippen LogP contribution is 2.35. The normalized spacial score (nSPS) is 21.0. The molecule has 2 aliphatic heterocycles. The smallest absolute Gasteiger partial charge is 0.320 e. The van der Waals surface area contributed by atoms with Gasteiger partial charge >= 0.3 is 5.97 Å². The van der Waals surface area contributed by atoms with Gasteiger partial charge in [-0.05, 0) is 68.1 Å². The molecular weight excluding hydrogens is 552 g/mol. The molecule has 0 bridgehead atoms. The second-order valence-corrected chi connectivity index (χ2v) is 12.2. The SMILES string of the molecule is CCOC(=O)CN1CCCN(C(=O)c2cccc(C(c3cccc(O)c3)N3C[C@@H](C)N(Cc4ccccc4)C[C@@H]3C)c2)CC1. The molecule has 44 heavy (non-hydrogen) atoms. The number of amides is 1. The van der Waals surface area contributed by atoms with Crippen LogP contribution in [0, 0.1) is 0 Å². The Bertz CT molecular complexity index is 1400. The van der Waals surface area contributed by atoms with Gasteiger partial charge in [-0.2, -0.15) is 0 Å². The predicted molar refractivity (Wildman–Crippen MR) is 172 cm³/mol. The van der Waals surface area contributed by atoms with Crippen LogP contribution in [0.15, 0.2) is 78.9 Å². The summed E-state index contributed by atoms with van der Waals surface area (Å²) in [6, 6.07) is 26.6. The Kier molecular flexibility index (Phi) is 10.7. The Labute approximate surface area is 261 Å². The van der Waals surface area contributed by atoms with Gasteiger partial charge in [-0.25, -0.2) is 0 Å². The van der Waals surface area contributed by atoms with E-state index in [1.165, 1.54) is 5.56 Å². The summed E-state index contributed by atoms with van der Waals surface area (Å²) < 4.78 is 5.12. The zero-order valence-electron chi connectivity index (χ0n) is 26.3. The van der Waals surface area contributed by atoms with Gasteiger partial charge in [0.2, 0.25) is 0 Å². The van der Waals surface area contributed by atoms with Crippen molar-refractivity contribution in [3.05, 3.63) is 101 Å². The molecule has 2 fully saturated rings. The quantitative estimate of drug-likeness (QED) is 0.355. The Hall–Kier alpha value is -3.72. The molecule has 1 unspecified atom stereocenters. The van der Waals surface area contributed by atoms with Crippen molar-refractivity contribution in [1.29, 1.82) is 0 Å². The summed E-state index contributed by atoms with van der Waals surface area (Å²) in [5, 5.41) is 10.5. The molecule has 0 aromatic heterocycles. The van der Waals surface area contributed by atoms with E-state index in [4.69, 9.17) is 4.74 Å². The summed E-state index contributed by atoms with van der Waals surface area (Å²) in [5.41, 5.74) is 4.02. The van der Waals surface area contributed by atoms with E-state index in [-0.39, 0.29) is 36.3 Å². The van der Waals surface area contributed by atoms with E-state index < -0.39 is 0 Å². The molecule has 1 N–H and O–H groups in total. The Morgan fingerprint density at radius 1 is 0.864 bits per heavy atom. The number of nitrogens with zero attached hydrogens (tertiary/aromatic N) is 4. The van der Waals surface area contributed by atoms with Crippen molar-refractivity contribution in [1.82, 2.24) is 19.6 Å². The minimum absolute atomic E-state index is 0.00795. The van der Waals surface area contributed by atoms with Crippen molar-refractivity contribution in [3.63, 3.8) is 0 Å². The third kappa shape index (κ3) is 7.86. The van der Waals surface area contributed by atoms with Gasteiger partial charge in [0.15, 0.2) is 0 Å². The molecule has 5 rings (SSSR count). The Morgan fingerprint density at radius 3 is 2.36 bits per heavy atom. The number of carbonyl (C=O) groups excluding carboxylic acids is 2. The van der Waals surface area contributed by atoms with Gasteiger partial charge in [0.05, 0.1) is 19.2 Å². The fourth-order valence-corrected chi connectivity index (χ4v) is 6.64. The molecule has 3 aromatic rings. The maximum Gasteiger partial charge on any atom is 0.320 e. The van der Waals surface area contributed by atoms with E-state index in [2.05, 4.69) is 71.0 Å². The lowest BCUT2D eigenvalue weighted by Crippen LogP contribution is -2.56. The number of piperazine rings is 1. The number of phenols is 1. The number of carbonyl (C=O) groups is 2. The first-order chi connectivity index (χ1) is 21.3. The average Bonchev–Trinajstić information content (AvgIpc) is 3.25. The molecule has 2 saturated heterocycles. The Balaban J connectivity index is 1.36. The summed E-state index contributed by atoms with van der Waals surface area (Å²) in [6.07, 6.45) is 0.805. The summed E-state index contributed by atoms with van der Waals surface area (Å²) in [6.45, 7) is 12.3. The second-order valence-electron chi connectivity index (χ2n) is 12.2. The third-order valence-electron chi connectivity index (χ3n) is 8.89. The monoisotopic (exact) mass is 598 g/mol. The molecule has 2 aliphatic rings. The van der Waals surface area contributed by atoms with Crippen LogP contribution in [-0.4, -0.2) is 101 Å². The van der Waals surface area contributed by atoms with Crippen molar-refractivity contribution in [3.8, 4) is 5.75 Å². The van der Waals surface area contributed by atoms with Crippen LogP contribution in [0.4, 0.5) is 0 Å². The first-order valence-corrected chi connectivity index (χ1v) is 15.9. The highest BCUT2D eigenvalue weighted by atomic mass is 16.5. The van der Waals surface area contributed by atoms with Crippen LogP contribution in [0.5, 0.6) is 5.75 Å². The molecular formula is C36H46N4O4. The largest absolute Gasteiger partial charge is 0.508 e. The average molecular weight is 599 g/mol. The number of hydrogen-bond acceptors (Lipinski definition) is 7. The fraction of sp³-hybridized carbons (Fsp3) is 0.444. The van der Waals surface area contributed by atoms with E-state index in [1.807, 2.05) is 42.2 Å². The molecule has 0 spiro atoms. The predicted octanol–water partition coefficient (Wildman–Crippen LogP) is 4.79. The van der Waals surface area contributed by atoms with Crippen molar-refractivity contribution in [2.75, 3.05) is 52.4 Å². The topological polar surface area (TPSA) is 76.6 Å². The lowest BCUT2D eigenvalue weighted by atomic mass is 9.92. The van der Waals surface area contributed by atoms with Crippen LogP contribution in [0.1, 0.15) is 60.3 Å². The van der Waals surface area contributed by atoms with Gasteiger partial charge in [0, 0.05) is 63.5 Å². The lowest BCUT2D eigenvalue weighted by molar-refractivity contribution is -0.144. The molecule has 8 nitrogen and oxygen atoms in total. The van der Waals surface area contributed by atoms with Crippen LogP contribution < -0.4 is 0 Å². The third-order valence-corrected chi connectivity index (χ3v) is 8.89. The zero-order valence-corrected chi connectivity index (χ0v) is 26.3. The van der Waals surface area contributed by atoms with Gasteiger partial charge < -0.3 is 14.7 Å². The number of esters is 1. The van der Waals surface area contributed by atoms with E-state index in [1.54, 1.807) is 6.07 Å². The van der Waals surface area contributed by atoms with E-state index >= 15 is 0 Å². The van der Waals surface area contributed by atoms with E-state index in [9.17, 15) is 14.7 Å². The maximum atomic E-state index is 13.8. The summed E-state index contributed by atoms with van der Waals surface area (Å²) in [4.78, 5) is 34.9. The van der Waals surface area contributed by atoms with Gasteiger partial charge in [-0.1, -0.05) is 54.6 Å². The summed E-state index contributed by atoms with van der Waals surface area (Å²) in [5.74, 6) is 0.0242. The second kappa shape index (κ2) is 14.8. The lowest BCUT2D eigenvalue weighted by Gasteiger charge is -2.47. The first kappa shape index (κ1) is 31.7. The van der Waals surface area contributed by atoms with Crippen LogP contribution >= 0.6 is 0 Å². The minimum Gasteiger partial charge on any atom is -0.508 e. The fourth-order valence-electron chi connectivity index (χ4n) is 6.64. The van der Waals surface area contributed by atoms with E-state index in [0.717, 1.165) is 43.7 Å². The van der Waals surface area contributed by atoms with Crippen LogP contribution in [0.25, 0.3) is 0 Å². The molecule has 0 saturated carbocycles. The van der Waals surface area contributed by atoms with Crippen LogP contribution in [0.2, 0.25) is 0 Å². The number of benzene rings is 3. The number of rotatable bonds is 9. The number of hydrogen-bond donors (Lipinski definition) is 1. The highest BCUT2D eigenvalue weighted by Gasteiger charge is 2.35. The van der Waals surface area contributed by atoms with Crippen molar-refractivity contribution >= 4 is 11.9 Å². The number of phenolic OH excluding ortho intramolecular Hbond substituents is 1. The van der Waals surface area contributed by atoms with Crippen molar-refractivity contribution in [2.24, 2.45) is 0 Å². The Morgan fingerprint density at radius 2 is 1.61 bits per heavy atom. The standard InChI is InChI=1S/C36H46N4O4/c1-4-44-34(42)26-37-17-10-18-38(20-19-37)36(43)32-15-8-13-30(21-32)35(31-14-9-16-33(41)22-31)40-24-27(2)39(23-28(40)3)25-29-11-6-5-7-12-29/h5-9,11-16,21-22,27-28,35,41H,4,10,17-20,23-26H2,1-3H3/t27-,28+,35?/m1/s1. The molecule has 234 valence electrons. The minimum atomic E-state index is -0.220. The zero-order chi connectivity index (χ0) is 31.1. The molecule has 0 aliphatic carbocycles. The van der Waals surface area contributed by atoms with Gasteiger partial charge in [-0.15, -0.1) is 0 Å². The van der Waals surface area contributed by atoms with E-state index in [0.29, 0.717) is 37.8 Å². The van der Waals surface area contributed by atoms with Gasteiger partial charge in [-0.3, -0.25) is 24.3 Å². The van der Waals surface area contributed by atoms with Crippen molar-refractivity contribution < 1.29 is 19.4 Å². The van der Waals surface area contributed by atoms with Gasteiger partial charge in [0.1, 0.15) is 5.75 Å². The van der Waals surface area contributed by atoms with Crippen LogP contribution in [0.3, 0.4) is 0 Å². The summed E-state index contributed by atoms with van der Waals surface area (Å²) in [7, 11) is 0. The molecule has 2 heterocycles. The van der Waals surface area contributed by atoms with Crippen molar-refractivity contribution in [2.45, 2.75) is 51.9 Å². The van der Waals surface area contributed by atoms with Crippen LogP contribution in [-0.2, 0) is 16.1 Å². The van der Waals surface area contributed by atoms with Gasteiger partial charge in [0.25, 0.3) is 5.91 Å². The first-order valence-electron chi connectivity index (χ1n) is 15.9. The molecule has 3 aromatic carbocycles. The maximum absolute atomic E-state index is 13.8. The summed E-state index contributed by atoms with van der Waals surface area (Å²) >= 11 is 0. The highest BCUT2D eigenvalue weighted by molar-refractivity contribution is 5.94. The molecule has 8 heteroatoms. The number of ether oxygens (including phenoxy) is 1. The number of aromatic hydroxyl groups is 1. The molecule has 1 amide bonds. The molecule has 0 radical (unpaired) electrons.